The van der Waals surface area contributed by atoms with E-state index in [1.807, 2.05) is 39.8 Å². The Bertz CT molecular complexity index is 1020. The molecule has 158 valence electrons. The number of carbonyl (C=O) groups excluding carboxylic acids is 3. The van der Waals surface area contributed by atoms with Crippen LogP contribution in [0.2, 0.25) is 0 Å². The lowest BCUT2D eigenvalue weighted by Crippen LogP contribution is -2.42. The van der Waals surface area contributed by atoms with Gasteiger partial charge in [-0.15, -0.1) is 0 Å². The number of urea groups is 1. The minimum absolute atomic E-state index is 0.359. The Morgan fingerprint density at radius 2 is 1.70 bits per heavy atom. The van der Waals surface area contributed by atoms with E-state index in [-0.39, 0.29) is 6.54 Å². The fourth-order valence-corrected chi connectivity index (χ4v) is 3.93. The third-order valence-electron chi connectivity index (χ3n) is 5.49. The van der Waals surface area contributed by atoms with Crippen molar-refractivity contribution in [2.45, 2.75) is 40.2 Å². The highest BCUT2D eigenvalue weighted by atomic mass is 16.5. The number of methoxy groups -OCH3 is 1. The molecular formula is C23H27N3O4. The van der Waals surface area contributed by atoms with Gasteiger partial charge in [-0.1, -0.05) is 23.8 Å². The maximum Gasteiger partial charge on any atom is 0.325 e. The SMILES string of the molecule is COc1ccc(C2(C)NC(=O)N(CC(=O)Nc3c(C)cc(C)cc3C)C2=O)cc1C. The van der Waals surface area contributed by atoms with Gasteiger partial charge in [-0.3, -0.25) is 14.5 Å². The van der Waals surface area contributed by atoms with E-state index in [0.29, 0.717) is 17.0 Å². The fraction of sp³-hybridized carbons (Fsp3) is 0.348. The minimum atomic E-state index is -1.25. The lowest BCUT2D eigenvalue weighted by molar-refractivity contribution is -0.133. The first kappa shape index (κ1) is 21.4. The molecule has 0 radical (unpaired) electrons. The smallest absolute Gasteiger partial charge is 0.325 e. The lowest BCUT2D eigenvalue weighted by Gasteiger charge is -2.23. The van der Waals surface area contributed by atoms with Crippen molar-refractivity contribution in [3.8, 4) is 5.75 Å². The Labute approximate surface area is 176 Å². The molecule has 0 spiro atoms. The van der Waals surface area contributed by atoms with Crippen LogP contribution in [0.1, 0.15) is 34.7 Å². The number of amides is 4. The van der Waals surface area contributed by atoms with Crippen molar-refractivity contribution in [1.82, 2.24) is 10.2 Å². The molecule has 0 aliphatic carbocycles. The van der Waals surface area contributed by atoms with Crippen molar-refractivity contribution in [3.63, 3.8) is 0 Å². The van der Waals surface area contributed by atoms with Gasteiger partial charge in [-0.2, -0.15) is 0 Å². The molecule has 30 heavy (non-hydrogen) atoms. The van der Waals surface area contributed by atoms with E-state index in [2.05, 4.69) is 10.6 Å². The summed E-state index contributed by atoms with van der Waals surface area (Å²) in [5.74, 6) is -0.201. The third-order valence-corrected chi connectivity index (χ3v) is 5.49. The van der Waals surface area contributed by atoms with E-state index in [1.54, 1.807) is 32.2 Å². The second kappa shape index (κ2) is 7.82. The predicted octanol–water partition coefficient (Wildman–Crippen LogP) is 3.33. The maximum atomic E-state index is 13.1. The molecule has 0 bridgehead atoms. The van der Waals surface area contributed by atoms with Gasteiger partial charge in [0, 0.05) is 5.69 Å². The van der Waals surface area contributed by atoms with Gasteiger partial charge < -0.3 is 15.4 Å². The molecule has 2 aromatic rings. The van der Waals surface area contributed by atoms with Gasteiger partial charge >= 0.3 is 6.03 Å². The molecule has 2 aromatic carbocycles. The van der Waals surface area contributed by atoms with Crippen molar-refractivity contribution in [1.29, 1.82) is 0 Å². The van der Waals surface area contributed by atoms with E-state index in [4.69, 9.17) is 4.74 Å². The van der Waals surface area contributed by atoms with Crippen molar-refractivity contribution in [2.75, 3.05) is 19.0 Å². The molecule has 1 aliphatic heterocycles. The number of nitrogens with zero attached hydrogens (tertiary/aromatic N) is 1. The van der Waals surface area contributed by atoms with Gasteiger partial charge in [-0.25, -0.2) is 4.79 Å². The number of rotatable bonds is 5. The zero-order valence-corrected chi connectivity index (χ0v) is 18.2. The van der Waals surface area contributed by atoms with Gasteiger partial charge in [-0.05, 0) is 69.0 Å². The summed E-state index contributed by atoms with van der Waals surface area (Å²) < 4.78 is 5.26. The topological polar surface area (TPSA) is 87.7 Å². The molecule has 2 N–H and O–H groups in total. The van der Waals surface area contributed by atoms with Crippen LogP contribution in [0.4, 0.5) is 10.5 Å². The van der Waals surface area contributed by atoms with Gasteiger partial charge in [0.05, 0.1) is 7.11 Å². The van der Waals surface area contributed by atoms with Crippen LogP contribution in [-0.4, -0.2) is 36.4 Å². The lowest BCUT2D eigenvalue weighted by atomic mass is 9.90. The van der Waals surface area contributed by atoms with Crippen molar-refractivity contribution in [2.24, 2.45) is 0 Å². The number of hydrogen-bond donors (Lipinski definition) is 2. The standard InChI is InChI=1S/C23H27N3O4/c1-13-9-15(3)20(16(4)10-13)24-19(27)12-26-21(28)23(5,25-22(26)29)17-7-8-18(30-6)14(2)11-17/h7-11H,12H2,1-6H3,(H,24,27)(H,25,29). The molecule has 1 atom stereocenters. The van der Waals surface area contributed by atoms with Gasteiger partial charge in [0.2, 0.25) is 5.91 Å². The molecule has 1 unspecified atom stereocenters. The molecule has 4 amide bonds. The van der Waals surface area contributed by atoms with E-state index in [1.165, 1.54) is 0 Å². The monoisotopic (exact) mass is 409 g/mol. The number of aryl methyl sites for hydroxylation is 4. The van der Waals surface area contributed by atoms with Gasteiger partial charge in [0.1, 0.15) is 17.8 Å². The zero-order chi connectivity index (χ0) is 22.2. The van der Waals surface area contributed by atoms with Crippen LogP contribution in [0.25, 0.3) is 0 Å². The summed E-state index contributed by atoms with van der Waals surface area (Å²) in [6.45, 7) is 8.95. The van der Waals surface area contributed by atoms with Crippen LogP contribution >= 0.6 is 0 Å². The molecule has 0 aromatic heterocycles. The summed E-state index contributed by atoms with van der Waals surface area (Å²) in [6.07, 6.45) is 0. The molecule has 7 heteroatoms. The van der Waals surface area contributed by atoms with E-state index in [0.717, 1.165) is 27.2 Å². The second-order valence-electron chi connectivity index (χ2n) is 7.95. The highest BCUT2D eigenvalue weighted by Gasteiger charge is 2.49. The zero-order valence-electron chi connectivity index (χ0n) is 18.2. The van der Waals surface area contributed by atoms with Crippen LogP contribution in [0.5, 0.6) is 5.75 Å². The highest BCUT2D eigenvalue weighted by molar-refractivity contribution is 6.10. The Balaban J connectivity index is 1.80. The molecule has 1 aliphatic rings. The van der Waals surface area contributed by atoms with Gasteiger partial charge in [0.25, 0.3) is 5.91 Å². The Hall–Kier alpha value is -3.35. The molecule has 3 rings (SSSR count). The minimum Gasteiger partial charge on any atom is -0.496 e. The quantitative estimate of drug-likeness (QED) is 0.742. The average Bonchev–Trinajstić information content (AvgIpc) is 2.88. The number of imide groups is 1. The largest absolute Gasteiger partial charge is 0.496 e. The van der Waals surface area contributed by atoms with Gasteiger partial charge in [0.15, 0.2) is 0 Å². The second-order valence-corrected chi connectivity index (χ2v) is 7.95. The summed E-state index contributed by atoms with van der Waals surface area (Å²) in [6, 6.07) is 8.65. The number of carbonyl (C=O) groups is 3. The van der Waals surface area contributed by atoms with Crippen LogP contribution in [-0.2, 0) is 15.1 Å². The van der Waals surface area contributed by atoms with Crippen molar-refractivity contribution >= 4 is 23.5 Å². The Kier molecular flexibility index (Phi) is 5.57. The van der Waals surface area contributed by atoms with Crippen molar-refractivity contribution < 1.29 is 19.1 Å². The third kappa shape index (κ3) is 3.75. The first-order chi connectivity index (χ1) is 14.1. The number of anilines is 1. The van der Waals surface area contributed by atoms with Crippen LogP contribution < -0.4 is 15.4 Å². The molecule has 7 nitrogen and oxygen atoms in total. The van der Waals surface area contributed by atoms with Crippen LogP contribution in [0.15, 0.2) is 30.3 Å². The fourth-order valence-electron chi connectivity index (χ4n) is 3.93. The summed E-state index contributed by atoms with van der Waals surface area (Å²) in [5, 5.41) is 5.56. The molecular weight excluding hydrogens is 382 g/mol. The summed E-state index contributed by atoms with van der Waals surface area (Å²) in [7, 11) is 1.57. The summed E-state index contributed by atoms with van der Waals surface area (Å²) in [5.41, 5.74) is 3.89. The van der Waals surface area contributed by atoms with Crippen LogP contribution in [0.3, 0.4) is 0 Å². The van der Waals surface area contributed by atoms with Crippen LogP contribution in [0, 0.1) is 27.7 Å². The maximum absolute atomic E-state index is 13.1. The number of ether oxygens (including phenoxy) is 1. The van der Waals surface area contributed by atoms with E-state index >= 15 is 0 Å². The highest BCUT2D eigenvalue weighted by Crippen LogP contribution is 2.32. The molecule has 0 saturated carbocycles. The first-order valence-corrected chi connectivity index (χ1v) is 9.73. The Morgan fingerprint density at radius 3 is 2.27 bits per heavy atom. The van der Waals surface area contributed by atoms with Crippen molar-refractivity contribution in [3.05, 3.63) is 58.1 Å². The number of benzene rings is 2. The normalized spacial score (nSPS) is 18.4. The number of hydrogen-bond acceptors (Lipinski definition) is 4. The van der Waals surface area contributed by atoms with E-state index < -0.39 is 23.4 Å². The Morgan fingerprint density at radius 1 is 1.07 bits per heavy atom. The van der Waals surface area contributed by atoms with E-state index in [9.17, 15) is 14.4 Å². The average molecular weight is 409 g/mol. The summed E-state index contributed by atoms with van der Waals surface area (Å²) in [4.78, 5) is 39.2. The molecule has 1 saturated heterocycles. The summed E-state index contributed by atoms with van der Waals surface area (Å²) >= 11 is 0. The first-order valence-electron chi connectivity index (χ1n) is 9.73. The molecule has 1 fully saturated rings. The predicted molar refractivity (Wildman–Crippen MR) is 115 cm³/mol. The number of nitrogens with one attached hydrogen (secondary N) is 2. The molecule has 1 heterocycles.